The van der Waals surface area contributed by atoms with Crippen LogP contribution in [0.5, 0.6) is 0 Å². The van der Waals surface area contributed by atoms with Crippen LogP contribution in [0.2, 0.25) is 0 Å². The molecule has 0 saturated heterocycles. The molecule has 1 amide bonds. The SMILES string of the molecule is CCCCCCCCCC/C=C\CCCCCCCCCCCCCCCCCCCCCC(=O)NC(COP(=O)(O)OCC[N+](C)(C)C)C(O)CCCCCCCCCCCCCCCCCCCCCCCCCCCCCCCC. The Balaban J connectivity index is 3.95. The quantitative estimate of drug-likeness (QED) is 0.0243. The lowest BCUT2D eigenvalue weighted by Crippen LogP contribution is -2.46. The number of phosphoric acid groups is 1. The van der Waals surface area contributed by atoms with Crippen LogP contribution in [-0.2, 0) is 18.4 Å². The van der Waals surface area contributed by atoms with Crippen LogP contribution in [0.25, 0.3) is 0 Å². The molecule has 83 heavy (non-hydrogen) atoms. The molecule has 0 spiro atoms. The van der Waals surface area contributed by atoms with Crippen molar-refractivity contribution in [2.45, 2.75) is 418 Å². The summed E-state index contributed by atoms with van der Waals surface area (Å²) in [5.74, 6) is -0.134. The highest BCUT2D eigenvalue weighted by atomic mass is 31.2. The summed E-state index contributed by atoms with van der Waals surface area (Å²) in [7, 11) is 1.64. The molecule has 3 unspecified atom stereocenters. The van der Waals surface area contributed by atoms with Crippen LogP contribution in [0.3, 0.4) is 0 Å². The van der Waals surface area contributed by atoms with E-state index in [0.29, 0.717) is 23.9 Å². The molecule has 0 aliphatic rings. The minimum atomic E-state index is -4.33. The molecule has 0 aliphatic carbocycles. The molecule has 3 atom stereocenters. The van der Waals surface area contributed by atoms with Gasteiger partial charge in [0.05, 0.1) is 39.9 Å². The summed E-state index contributed by atoms with van der Waals surface area (Å²) in [6, 6.07) is -0.759. The van der Waals surface area contributed by atoms with E-state index in [9.17, 15) is 19.4 Å². The normalized spacial score (nSPS) is 13.6. The monoisotopic (exact) mass is 1190 g/mol. The first-order valence-electron chi connectivity index (χ1n) is 37.6. The van der Waals surface area contributed by atoms with Crippen LogP contribution in [0, 0.1) is 0 Å². The van der Waals surface area contributed by atoms with Gasteiger partial charge in [-0.2, -0.15) is 0 Å². The third kappa shape index (κ3) is 68.6. The van der Waals surface area contributed by atoms with E-state index in [0.717, 1.165) is 38.5 Å². The van der Waals surface area contributed by atoms with Crippen LogP contribution in [0.15, 0.2) is 12.2 Å². The van der Waals surface area contributed by atoms with E-state index in [2.05, 4.69) is 31.3 Å². The number of carbonyl (C=O) groups excluding carboxylic acids is 1. The van der Waals surface area contributed by atoms with Crippen LogP contribution in [-0.4, -0.2) is 73.4 Å². The molecule has 0 fully saturated rings. The van der Waals surface area contributed by atoms with Gasteiger partial charge in [0.1, 0.15) is 13.2 Å². The highest BCUT2D eigenvalue weighted by Crippen LogP contribution is 2.43. The Morgan fingerprint density at radius 1 is 0.398 bits per heavy atom. The fourth-order valence-electron chi connectivity index (χ4n) is 11.9. The Morgan fingerprint density at radius 2 is 0.651 bits per heavy atom. The van der Waals surface area contributed by atoms with E-state index >= 15 is 0 Å². The maximum atomic E-state index is 13.1. The Bertz CT molecular complexity index is 1360. The van der Waals surface area contributed by atoms with Gasteiger partial charge in [-0.3, -0.25) is 13.8 Å². The minimum absolute atomic E-state index is 0.0785. The Kier molecular flexibility index (Phi) is 65.1. The van der Waals surface area contributed by atoms with Crippen molar-refractivity contribution in [1.82, 2.24) is 5.32 Å². The predicted octanol–water partition coefficient (Wildman–Crippen LogP) is 24.1. The molecule has 9 heteroatoms. The molecule has 0 aliphatic heterocycles. The number of nitrogens with zero attached hydrogens (tertiary/aromatic N) is 1. The standard InChI is InChI=1S/C74H149N2O6P/c1-6-8-10-12-14-16-18-20-22-24-26-28-30-32-34-36-38-40-42-44-46-48-50-52-54-56-58-60-62-64-66-68-74(78)75-72(71-82-83(79,80)81-70-69-76(3,4)5)73(77)67-65-63-61-59-57-55-53-51-49-47-45-43-41-39-37-35-33-31-29-27-25-23-21-19-17-15-13-11-9-7-2/h24,26,72-73,77H,6-23,25,27-71H2,1-5H3,(H-,75,78,79,80)/p+1/b26-24-. The summed E-state index contributed by atoms with van der Waals surface area (Å²) in [6.45, 7) is 4.96. The van der Waals surface area contributed by atoms with E-state index in [1.54, 1.807) is 0 Å². The van der Waals surface area contributed by atoms with Gasteiger partial charge in [-0.05, 0) is 38.5 Å². The lowest BCUT2D eigenvalue weighted by molar-refractivity contribution is -0.870. The molecular weight excluding hydrogens is 1040 g/mol. The second kappa shape index (κ2) is 65.7. The first-order valence-corrected chi connectivity index (χ1v) is 39.0. The van der Waals surface area contributed by atoms with Crippen molar-refractivity contribution in [1.29, 1.82) is 0 Å². The highest BCUT2D eigenvalue weighted by Gasteiger charge is 2.28. The van der Waals surface area contributed by atoms with Crippen molar-refractivity contribution >= 4 is 13.7 Å². The third-order valence-corrected chi connectivity index (χ3v) is 18.7. The zero-order valence-corrected chi connectivity index (χ0v) is 57.9. The molecule has 0 aromatic rings. The first-order chi connectivity index (χ1) is 40.5. The number of amides is 1. The van der Waals surface area contributed by atoms with Gasteiger partial charge in [0.15, 0.2) is 0 Å². The number of unbranched alkanes of at least 4 members (excludes halogenated alkanes) is 56. The number of phosphoric ester groups is 1. The molecule has 0 aromatic carbocycles. The van der Waals surface area contributed by atoms with Gasteiger partial charge < -0.3 is 19.8 Å². The third-order valence-electron chi connectivity index (χ3n) is 17.8. The van der Waals surface area contributed by atoms with Crippen molar-refractivity contribution < 1.29 is 32.9 Å². The summed E-state index contributed by atoms with van der Waals surface area (Å²) in [4.78, 5) is 23.5. The zero-order chi connectivity index (χ0) is 60.5. The minimum Gasteiger partial charge on any atom is -0.391 e. The van der Waals surface area contributed by atoms with Crippen LogP contribution < -0.4 is 5.32 Å². The lowest BCUT2D eigenvalue weighted by Gasteiger charge is -2.26. The number of hydrogen-bond acceptors (Lipinski definition) is 5. The number of rotatable bonds is 71. The summed E-state index contributed by atoms with van der Waals surface area (Å²) in [5, 5.41) is 14.2. The van der Waals surface area contributed by atoms with Crippen LogP contribution in [0.4, 0.5) is 0 Å². The van der Waals surface area contributed by atoms with Gasteiger partial charge in [-0.15, -0.1) is 0 Å². The van der Waals surface area contributed by atoms with Gasteiger partial charge in [0.2, 0.25) is 5.91 Å². The largest absolute Gasteiger partial charge is 0.472 e. The molecule has 0 aromatic heterocycles. The number of aliphatic hydroxyl groups excluding tert-OH is 1. The van der Waals surface area contributed by atoms with E-state index < -0.39 is 20.0 Å². The molecule has 0 rings (SSSR count). The van der Waals surface area contributed by atoms with Crippen LogP contribution in [0.1, 0.15) is 406 Å². The number of aliphatic hydroxyl groups is 1. The topological polar surface area (TPSA) is 105 Å². The molecule has 3 N–H and O–H groups in total. The smallest absolute Gasteiger partial charge is 0.391 e. The molecule has 0 heterocycles. The molecule has 8 nitrogen and oxygen atoms in total. The van der Waals surface area contributed by atoms with E-state index in [-0.39, 0.29) is 19.1 Å². The van der Waals surface area contributed by atoms with E-state index in [4.69, 9.17) is 9.05 Å². The molecule has 0 saturated carbocycles. The number of quaternary nitrogens is 1. The summed E-state index contributed by atoms with van der Waals surface area (Å²) in [6.07, 6.45) is 84.8. The van der Waals surface area contributed by atoms with Gasteiger partial charge in [0, 0.05) is 6.42 Å². The van der Waals surface area contributed by atoms with Gasteiger partial charge in [-0.1, -0.05) is 373 Å². The summed E-state index contributed by atoms with van der Waals surface area (Å²) in [5.41, 5.74) is 0. The van der Waals surface area contributed by atoms with Crippen molar-refractivity contribution in [3.63, 3.8) is 0 Å². The van der Waals surface area contributed by atoms with Crippen molar-refractivity contribution in [3.8, 4) is 0 Å². The van der Waals surface area contributed by atoms with Crippen molar-refractivity contribution in [2.75, 3.05) is 40.9 Å². The van der Waals surface area contributed by atoms with E-state index in [1.807, 2.05) is 21.1 Å². The van der Waals surface area contributed by atoms with Gasteiger partial charge in [0.25, 0.3) is 0 Å². The second-order valence-electron chi connectivity index (χ2n) is 27.4. The average molecular weight is 1190 g/mol. The van der Waals surface area contributed by atoms with Gasteiger partial charge >= 0.3 is 7.82 Å². The maximum absolute atomic E-state index is 13.1. The van der Waals surface area contributed by atoms with E-state index in [1.165, 1.54) is 340 Å². The number of nitrogens with one attached hydrogen (secondary N) is 1. The van der Waals surface area contributed by atoms with Crippen molar-refractivity contribution in [2.24, 2.45) is 0 Å². The average Bonchev–Trinajstić information content (AvgIpc) is 3.49. The number of hydrogen-bond donors (Lipinski definition) is 3. The Hall–Kier alpha value is -0.760. The van der Waals surface area contributed by atoms with Gasteiger partial charge in [-0.25, -0.2) is 4.57 Å². The number of likely N-dealkylation sites (N-methyl/N-ethyl adjacent to an activating group) is 1. The summed E-state index contributed by atoms with van der Waals surface area (Å²) >= 11 is 0. The Morgan fingerprint density at radius 3 is 0.928 bits per heavy atom. The fourth-order valence-corrected chi connectivity index (χ4v) is 12.7. The lowest BCUT2D eigenvalue weighted by atomic mass is 10.0. The highest BCUT2D eigenvalue weighted by molar-refractivity contribution is 7.47. The zero-order valence-electron chi connectivity index (χ0n) is 57.0. The molecule has 496 valence electrons. The number of allylic oxidation sites excluding steroid dienone is 2. The molecular formula is C74H150N2O6P+. The number of carbonyl (C=O) groups is 1. The molecule has 0 radical (unpaired) electrons. The predicted molar refractivity (Wildman–Crippen MR) is 365 cm³/mol. The Labute approximate surface area is 520 Å². The van der Waals surface area contributed by atoms with Crippen LogP contribution >= 0.6 is 7.82 Å². The molecule has 0 bridgehead atoms. The fraction of sp³-hybridized carbons (Fsp3) is 0.959. The van der Waals surface area contributed by atoms with Crippen molar-refractivity contribution in [3.05, 3.63) is 12.2 Å². The summed E-state index contributed by atoms with van der Waals surface area (Å²) < 4.78 is 23.9. The first kappa shape index (κ1) is 82.2. The maximum Gasteiger partial charge on any atom is 0.472 e. The second-order valence-corrected chi connectivity index (χ2v) is 28.8.